The molecule has 0 bridgehead atoms. The normalized spacial score (nSPS) is 10.6. The molecule has 0 aliphatic rings. The van der Waals surface area contributed by atoms with Gasteiger partial charge in [0.1, 0.15) is 0 Å². The van der Waals surface area contributed by atoms with Crippen LogP contribution in [0.2, 0.25) is 0 Å². The third-order valence-electron chi connectivity index (χ3n) is 1.03. The number of hydrogen-bond acceptors (Lipinski definition) is 3. The Bertz CT molecular complexity index is 189. The Morgan fingerprint density at radius 2 is 2.22 bits per heavy atom. The molecule has 0 unspecified atom stereocenters. The zero-order valence-corrected chi connectivity index (χ0v) is 7.34. The predicted molar refractivity (Wildman–Crippen MR) is 26.9 cm³/mol. The van der Waals surface area contributed by atoms with Crippen molar-refractivity contribution < 1.29 is 29.6 Å². The Hall–Kier alpha value is -0.100. The molecule has 52 valence electrons. The maximum atomic E-state index is 8.80. The van der Waals surface area contributed by atoms with Gasteiger partial charge in [-0.25, -0.2) is 0 Å². The Morgan fingerprint density at radius 1 is 1.56 bits per heavy atom. The molecule has 0 atom stereocenters. The molecule has 0 spiro atoms. The van der Waals surface area contributed by atoms with E-state index in [1.54, 1.807) is 0 Å². The monoisotopic (exact) mass is 240 g/mol. The predicted octanol–water partition coefficient (Wildman–Crippen LogP) is -2.54. The second-order valence-electron chi connectivity index (χ2n) is 1.72. The van der Waals surface area contributed by atoms with Crippen molar-refractivity contribution in [3.8, 4) is 0 Å². The molecule has 3 nitrogen and oxygen atoms in total. The van der Waals surface area contributed by atoms with Gasteiger partial charge in [-0.15, -0.1) is 0 Å². The zero-order chi connectivity index (χ0) is 6.85. The van der Waals surface area contributed by atoms with Crippen LogP contribution in [-0.2, 0) is 0 Å². The molecule has 0 saturated carbocycles. The standard InChI is InChI=1S/C5H7INO2/c1-3-5(6-8)4(2)9-7-3/h8H,1-2H3/q-1. The number of rotatable bonds is 1. The average Bonchev–Trinajstić information content (AvgIpc) is 2.12. The van der Waals surface area contributed by atoms with Crippen LogP contribution in [0.25, 0.3) is 0 Å². The quantitative estimate of drug-likeness (QED) is 0.550. The number of aryl methyl sites for hydroxylation is 2. The average molecular weight is 240 g/mol. The number of aromatic nitrogens is 1. The van der Waals surface area contributed by atoms with Crippen LogP contribution >= 0.6 is 0 Å². The van der Waals surface area contributed by atoms with Crippen molar-refractivity contribution >= 4 is 0 Å². The fourth-order valence-corrected chi connectivity index (χ4v) is 1.48. The summed E-state index contributed by atoms with van der Waals surface area (Å²) >= 11 is -0.853. The molecule has 0 amide bonds. The van der Waals surface area contributed by atoms with Crippen LogP contribution in [0.1, 0.15) is 11.5 Å². The van der Waals surface area contributed by atoms with E-state index in [0.717, 1.165) is 15.0 Å². The van der Waals surface area contributed by atoms with E-state index in [-0.39, 0.29) is 0 Å². The van der Waals surface area contributed by atoms with Gasteiger partial charge in [-0.2, -0.15) is 0 Å². The Kier molecular flexibility index (Phi) is 2.07. The van der Waals surface area contributed by atoms with Crippen LogP contribution in [-0.4, -0.2) is 8.59 Å². The van der Waals surface area contributed by atoms with E-state index in [2.05, 4.69) is 5.16 Å². The van der Waals surface area contributed by atoms with Gasteiger partial charge in [-0.3, -0.25) is 0 Å². The van der Waals surface area contributed by atoms with E-state index in [0.29, 0.717) is 0 Å². The van der Waals surface area contributed by atoms with E-state index < -0.39 is 21.6 Å². The zero-order valence-electron chi connectivity index (χ0n) is 5.18. The summed E-state index contributed by atoms with van der Waals surface area (Å²) in [5, 5.41) is 3.68. The summed E-state index contributed by atoms with van der Waals surface area (Å²) in [6, 6.07) is 0. The Labute approximate surface area is 63.9 Å². The Balaban J connectivity index is 3.07. The van der Waals surface area contributed by atoms with Gasteiger partial charge in [0.05, 0.1) is 0 Å². The molecular formula is C5H7INO2-. The first-order valence-electron chi connectivity index (χ1n) is 2.47. The molecule has 1 N–H and O–H groups in total. The SMILES string of the molecule is Cc1noc(C)c1[I-]O. The molecule has 0 aliphatic carbocycles. The third kappa shape index (κ3) is 1.24. The van der Waals surface area contributed by atoms with Crippen LogP contribution in [0.3, 0.4) is 0 Å². The summed E-state index contributed by atoms with van der Waals surface area (Å²) in [5.41, 5.74) is 0.822. The van der Waals surface area contributed by atoms with Crippen LogP contribution in [0.5, 0.6) is 0 Å². The summed E-state index contributed by atoms with van der Waals surface area (Å²) in [6.45, 7) is 3.65. The summed E-state index contributed by atoms with van der Waals surface area (Å²) in [5.74, 6) is 0.753. The molecule has 4 heteroatoms. The summed E-state index contributed by atoms with van der Waals surface area (Å²) < 4.78 is 14.5. The van der Waals surface area contributed by atoms with Crippen LogP contribution in [0, 0.1) is 17.4 Å². The molecular weight excluding hydrogens is 233 g/mol. The summed E-state index contributed by atoms with van der Waals surface area (Å²) in [7, 11) is 0. The van der Waals surface area contributed by atoms with Gasteiger partial charge in [0.25, 0.3) is 0 Å². The van der Waals surface area contributed by atoms with E-state index in [4.69, 9.17) is 7.96 Å². The number of halogens is 1. The van der Waals surface area contributed by atoms with E-state index in [1.807, 2.05) is 13.8 Å². The molecule has 1 rings (SSSR count). The molecule has 0 fully saturated rings. The van der Waals surface area contributed by atoms with Crippen molar-refractivity contribution in [2.75, 3.05) is 0 Å². The first-order chi connectivity index (χ1) is 4.25. The number of nitrogens with zero attached hydrogens (tertiary/aromatic N) is 1. The number of hydrogen-bond donors (Lipinski definition) is 1. The molecule has 1 aromatic rings. The van der Waals surface area contributed by atoms with Gasteiger partial charge in [-0.1, -0.05) is 0 Å². The topological polar surface area (TPSA) is 46.3 Å². The van der Waals surface area contributed by atoms with Gasteiger partial charge in [-0.05, 0) is 0 Å². The van der Waals surface area contributed by atoms with Crippen molar-refractivity contribution in [2.24, 2.45) is 0 Å². The van der Waals surface area contributed by atoms with Crippen molar-refractivity contribution in [1.82, 2.24) is 5.16 Å². The maximum absolute atomic E-state index is 8.80. The molecule has 1 aromatic heterocycles. The molecule has 0 radical (unpaired) electrons. The van der Waals surface area contributed by atoms with Gasteiger partial charge in [0, 0.05) is 0 Å². The van der Waals surface area contributed by atoms with Gasteiger partial charge in [0.2, 0.25) is 0 Å². The second-order valence-corrected chi connectivity index (χ2v) is 3.28. The van der Waals surface area contributed by atoms with Gasteiger partial charge >= 0.3 is 63.6 Å². The second kappa shape index (κ2) is 2.66. The van der Waals surface area contributed by atoms with Crippen LogP contribution in [0.4, 0.5) is 0 Å². The molecule has 0 aromatic carbocycles. The summed E-state index contributed by atoms with van der Waals surface area (Å²) in [4.78, 5) is 0. The molecule has 0 aliphatic heterocycles. The van der Waals surface area contributed by atoms with E-state index in [1.165, 1.54) is 0 Å². The minimum absolute atomic E-state index is 0.753. The van der Waals surface area contributed by atoms with Crippen molar-refractivity contribution in [3.63, 3.8) is 0 Å². The van der Waals surface area contributed by atoms with Gasteiger partial charge in [0.15, 0.2) is 0 Å². The fourth-order valence-electron chi connectivity index (χ4n) is 0.592. The molecule has 9 heavy (non-hydrogen) atoms. The minimum atomic E-state index is -0.853. The summed E-state index contributed by atoms with van der Waals surface area (Å²) in [6.07, 6.45) is 0. The fraction of sp³-hybridized carbons (Fsp3) is 0.400. The first-order valence-corrected chi connectivity index (χ1v) is 4.51. The Morgan fingerprint density at radius 3 is 2.44 bits per heavy atom. The first kappa shape index (κ1) is 7.01. The van der Waals surface area contributed by atoms with Crippen molar-refractivity contribution in [1.29, 1.82) is 0 Å². The van der Waals surface area contributed by atoms with Crippen molar-refractivity contribution in [2.45, 2.75) is 13.8 Å². The molecule has 0 saturated heterocycles. The molecule has 1 heterocycles. The van der Waals surface area contributed by atoms with Crippen molar-refractivity contribution in [3.05, 3.63) is 15.0 Å². The van der Waals surface area contributed by atoms with Crippen LogP contribution < -0.4 is 21.6 Å². The third-order valence-corrected chi connectivity index (χ3v) is 3.05. The van der Waals surface area contributed by atoms with Gasteiger partial charge < -0.3 is 0 Å². The van der Waals surface area contributed by atoms with E-state index >= 15 is 0 Å². The van der Waals surface area contributed by atoms with Crippen LogP contribution in [0.15, 0.2) is 4.52 Å². The van der Waals surface area contributed by atoms with E-state index in [9.17, 15) is 0 Å².